The summed E-state index contributed by atoms with van der Waals surface area (Å²) in [5, 5.41) is 2.25. The van der Waals surface area contributed by atoms with E-state index in [2.05, 4.69) is 199 Å². The Bertz CT molecular complexity index is 2570. The molecule has 0 amide bonds. The summed E-state index contributed by atoms with van der Waals surface area (Å²) < 4.78 is 8.99. The van der Waals surface area contributed by atoms with Gasteiger partial charge in [-0.2, -0.15) is 6.07 Å². The molecule has 0 atom stereocenters. The molecule has 0 saturated heterocycles. The number of ether oxygens (including phenoxy) is 1. The Balaban J connectivity index is 0.00000465. The number of hydrogen-bond donors (Lipinski definition) is 0. The molecule has 5 nitrogen and oxygen atoms in total. The molecule has 6 heteroatoms. The zero-order valence-electron chi connectivity index (χ0n) is 33.1. The van der Waals surface area contributed by atoms with Crippen LogP contribution in [0.2, 0.25) is 0 Å². The fraction of sp³-hybridized carbons (Fsp3) is 0.224. The van der Waals surface area contributed by atoms with Crippen LogP contribution in [0.3, 0.4) is 0 Å². The van der Waals surface area contributed by atoms with Gasteiger partial charge in [0.05, 0.1) is 0 Å². The maximum absolute atomic E-state index is 6.78. The first kappa shape index (κ1) is 38.2. The molecule has 1 aliphatic heterocycles. The van der Waals surface area contributed by atoms with Crippen LogP contribution in [-0.2, 0) is 31.9 Å². The number of aromatic nitrogens is 2. The number of para-hydroxylation sites is 1. The predicted molar refractivity (Wildman–Crippen MR) is 224 cm³/mol. The number of aryl methyl sites for hydroxylation is 3. The Morgan fingerprint density at radius 1 is 0.673 bits per heavy atom. The van der Waals surface area contributed by atoms with Gasteiger partial charge in [-0.25, -0.2) is 4.98 Å². The molecule has 0 spiro atoms. The van der Waals surface area contributed by atoms with Crippen LogP contribution in [0.15, 0.2) is 116 Å². The molecule has 0 aliphatic carbocycles. The van der Waals surface area contributed by atoms with Crippen LogP contribution in [0.5, 0.6) is 11.5 Å². The Morgan fingerprint density at radius 3 is 2.13 bits per heavy atom. The molecule has 55 heavy (non-hydrogen) atoms. The molecular weight excluding hydrogens is 856 g/mol. The molecule has 0 bridgehead atoms. The van der Waals surface area contributed by atoms with E-state index in [9.17, 15) is 0 Å². The van der Waals surface area contributed by atoms with Crippen molar-refractivity contribution in [3.05, 3.63) is 168 Å². The van der Waals surface area contributed by atoms with Crippen LogP contribution in [0.4, 0.5) is 11.4 Å². The van der Waals surface area contributed by atoms with Crippen molar-refractivity contribution in [3.8, 4) is 17.3 Å². The molecule has 7 aromatic rings. The number of benzene rings is 5. The van der Waals surface area contributed by atoms with Crippen LogP contribution in [0.25, 0.3) is 33.3 Å². The Labute approximate surface area is 340 Å². The number of rotatable bonds is 6. The predicted octanol–water partition coefficient (Wildman–Crippen LogP) is 12.5. The van der Waals surface area contributed by atoms with E-state index in [4.69, 9.17) is 9.72 Å². The monoisotopic (exact) mass is 902 g/mol. The van der Waals surface area contributed by atoms with Gasteiger partial charge in [0.2, 0.25) is 0 Å². The third kappa shape index (κ3) is 7.35. The maximum Gasteiger partial charge on any atom is 0.135 e. The molecule has 282 valence electrons. The summed E-state index contributed by atoms with van der Waals surface area (Å²) in [6, 6.07) is 43.7. The molecule has 0 saturated carbocycles. The molecule has 5 aromatic carbocycles. The van der Waals surface area contributed by atoms with E-state index < -0.39 is 0 Å². The SMILES string of the molecule is Cc1cccc(N2C=C(c3c(C)cccc3C)N(c3[c-]c(Oc4[c-]c5c(cc4)c4ccccc4n5-c4cc(C(C)(C)C)ccn4)cc(C(C)(C)C)c3)[CH-]2)c1.[Pt]. The smallest absolute Gasteiger partial charge is 0.135 e. The van der Waals surface area contributed by atoms with Gasteiger partial charge >= 0.3 is 0 Å². The third-order valence-electron chi connectivity index (χ3n) is 10.4. The van der Waals surface area contributed by atoms with E-state index in [0.717, 1.165) is 50.3 Å². The van der Waals surface area contributed by atoms with Gasteiger partial charge in [0.25, 0.3) is 0 Å². The summed E-state index contributed by atoms with van der Waals surface area (Å²) in [7, 11) is 0. The third-order valence-corrected chi connectivity index (χ3v) is 10.4. The first-order valence-corrected chi connectivity index (χ1v) is 18.7. The van der Waals surface area contributed by atoms with Crippen LogP contribution >= 0.6 is 0 Å². The van der Waals surface area contributed by atoms with Crippen LogP contribution in [0.1, 0.15) is 74.9 Å². The number of nitrogens with zero attached hydrogens (tertiary/aromatic N) is 4. The number of hydrogen-bond acceptors (Lipinski definition) is 4. The van der Waals surface area contributed by atoms with Gasteiger partial charge in [0, 0.05) is 61.2 Å². The molecule has 8 rings (SSSR count). The Kier molecular flexibility index (Phi) is 10.1. The molecule has 0 unspecified atom stereocenters. The summed E-state index contributed by atoms with van der Waals surface area (Å²) in [6.45, 7) is 22.1. The van der Waals surface area contributed by atoms with E-state index in [-0.39, 0.29) is 31.9 Å². The summed E-state index contributed by atoms with van der Waals surface area (Å²) >= 11 is 0. The first-order valence-electron chi connectivity index (χ1n) is 18.7. The second-order valence-electron chi connectivity index (χ2n) is 16.6. The number of fused-ring (bicyclic) bond motifs is 3. The van der Waals surface area contributed by atoms with Gasteiger partial charge in [0.1, 0.15) is 5.82 Å². The van der Waals surface area contributed by atoms with Gasteiger partial charge in [-0.1, -0.05) is 95.6 Å². The van der Waals surface area contributed by atoms with Crippen LogP contribution in [-0.4, -0.2) is 9.55 Å². The molecule has 0 radical (unpaired) electrons. The van der Waals surface area contributed by atoms with E-state index in [1.165, 1.54) is 27.8 Å². The van der Waals surface area contributed by atoms with Crippen LogP contribution < -0.4 is 14.5 Å². The molecule has 2 aromatic heterocycles. The van der Waals surface area contributed by atoms with Crippen molar-refractivity contribution in [2.24, 2.45) is 0 Å². The normalized spacial score (nSPS) is 13.4. The standard InChI is InChI=1S/C49H47N4O.Pt/c1-32-14-12-17-37(24-32)51-30-45(47-33(2)15-13-16-34(47)3)52(31-51)38-25-36(49(7,8)9)26-40(28-38)54-39-20-21-42-41-18-10-11-19-43(41)53(44(42)29-39)46-27-35(22-23-50-46)48(4,5)6;/h10-27,30-31H,1-9H3;/q-3;. The number of pyridine rings is 1. The molecule has 1 aliphatic rings. The Hall–Kier alpha value is -5.12. The zero-order chi connectivity index (χ0) is 37.9. The Morgan fingerprint density at radius 2 is 1.40 bits per heavy atom. The second-order valence-corrected chi connectivity index (χ2v) is 16.6. The summed E-state index contributed by atoms with van der Waals surface area (Å²) in [5.41, 5.74) is 12.1. The van der Waals surface area contributed by atoms with Gasteiger partial charge < -0.3 is 19.1 Å². The van der Waals surface area contributed by atoms with E-state index in [1.54, 1.807) is 0 Å². The van der Waals surface area contributed by atoms with Crippen molar-refractivity contribution >= 4 is 38.9 Å². The van der Waals surface area contributed by atoms with Crippen molar-refractivity contribution in [3.63, 3.8) is 0 Å². The number of anilines is 2. The minimum Gasteiger partial charge on any atom is -0.509 e. The van der Waals surface area contributed by atoms with E-state index in [0.29, 0.717) is 11.5 Å². The van der Waals surface area contributed by atoms with Gasteiger partial charge in [-0.05, 0) is 95.8 Å². The van der Waals surface area contributed by atoms with E-state index in [1.807, 2.05) is 12.3 Å². The largest absolute Gasteiger partial charge is 0.509 e. The average Bonchev–Trinajstić information content (AvgIpc) is 3.71. The minimum absolute atomic E-state index is 0. The first-order chi connectivity index (χ1) is 25.7. The molecule has 0 N–H and O–H groups in total. The zero-order valence-corrected chi connectivity index (χ0v) is 35.3. The van der Waals surface area contributed by atoms with Gasteiger partial charge in [-0.15, -0.1) is 53.6 Å². The van der Waals surface area contributed by atoms with Crippen molar-refractivity contribution in [2.45, 2.75) is 73.1 Å². The molecule has 0 fully saturated rings. The summed E-state index contributed by atoms with van der Waals surface area (Å²) in [4.78, 5) is 9.31. The van der Waals surface area contributed by atoms with Crippen molar-refractivity contribution in [1.29, 1.82) is 0 Å². The van der Waals surface area contributed by atoms with Gasteiger partial charge in [0.15, 0.2) is 0 Å². The fourth-order valence-electron chi connectivity index (χ4n) is 7.38. The second kappa shape index (κ2) is 14.5. The maximum atomic E-state index is 6.78. The topological polar surface area (TPSA) is 33.5 Å². The van der Waals surface area contributed by atoms with E-state index >= 15 is 0 Å². The molecule has 3 heterocycles. The summed E-state index contributed by atoms with van der Waals surface area (Å²) in [6.07, 6.45) is 4.13. The summed E-state index contributed by atoms with van der Waals surface area (Å²) in [5.74, 6) is 2.11. The molecular formula is C49H47N4OPt-3. The minimum atomic E-state index is -0.149. The fourth-order valence-corrected chi connectivity index (χ4v) is 7.38. The van der Waals surface area contributed by atoms with Crippen molar-refractivity contribution in [1.82, 2.24) is 9.55 Å². The van der Waals surface area contributed by atoms with Crippen molar-refractivity contribution < 1.29 is 25.8 Å². The van der Waals surface area contributed by atoms with Gasteiger partial charge in [-0.3, -0.25) is 0 Å². The average molecular weight is 903 g/mol. The van der Waals surface area contributed by atoms with Crippen molar-refractivity contribution in [2.75, 3.05) is 9.80 Å². The van der Waals surface area contributed by atoms with Crippen LogP contribution in [0, 0.1) is 39.6 Å². The quantitative estimate of drug-likeness (QED) is 0.156.